The van der Waals surface area contributed by atoms with E-state index < -0.39 is 34.6 Å². The summed E-state index contributed by atoms with van der Waals surface area (Å²) >= 11 is 5.32. The first-order valence-electron chi connectivity index (χ1n) is 12.1. The maximum atomic E-state index is 14.3. The second kappa shape index (κ2) is 10.3. The minimum atomic E-state index is -0.825. The third-order valence-electron chi connectivity index (χ3n) is 7.45. The number of esters is 1. The van der Waals surface area contributed by atoms with Crippen LogP contribution in [0.2, 0.25) is 0 Å². The number of carbonyl (C=O) groups is 3. The van der Waals surface area contributed by atoms with Crippen LogP contribution in [-0.4, -0.2) is 79.4 Å². The molecule has 7 nitrogen and oxygen atoms in total. The van der Waals surface area contributed by atoms with Crippen molar-refractivity contribution in [3.8, 4) is 0 Å². The quantitative estimate of drug-likeness (QED) is 0.281. The van der Waals surface area contributed by atoms with Crippen LogP contribution in [0.3, 0.4) is 0 Å². The summed E-state index contributed by atoms with van der Waals surface area (Å²) in [5.74, 6) is -2.17. The number of alkyl halides is 1. The van der Waals surface area contributed by atoms with Gasteiger partial charge in [-0.25, -0.2) is 0 Å². The van der Waals surface area contributed by atoms with Gasteiger partial charge in [-0.2, -0.15) is 0 Å². The van der Waals surface area contributed by atoms with E-state index in [0.717, 1.165) is 5.56 Å². The van der Waals surface area contributed by atoms with Crippen LogP contribution in [0.4, 0.5) is 0 Å². The summed E-state index contributed by atoms with van der Waals surface area (Å²) in [4.78, 5) is 44.9. The largest absolute Gasteiger partial charge is 0.466 e. The Balaban J connectivity index is 1.87. The molecule has 7 atom stereocenters. The summed E-state index contributed by atoms with van der Waals surface area (Å²) < 4.78 is 4.61. The Morgan fingerprint density at radius 2 is 2.06 bits per heavy atom. The molecular formula is C26H33BrN2O5S. The highest BCUT2D eigenvalue weighted by molar-refractivity contribution is 9.09. The van der Waals surface area contributed by atoms with Gasteiger partial charge in [0.2, 0.25) is 11.8 Å². The van der Waals surface area contributed by atoms with Gasteiger partial charge < -0.3 is 19.6 Å². The molecule has 3 unspecified atom stereocenters. The van der Waals surface area contributed by atoms with Crippen LogP contribution in [0.15, 0.2) is 43.0 Å². The smallest absolute Gasteiger partial charge is 0.310 e. The molecule has 1 aromatic carbocycles. The fraction of sp³-hybridized carbons (Fsp3) is 0.577. The fourth-order valence-corrected chi connectivity index (χ4v) is 9.65. The molecule has 190 valence electrons. The molecule has 0 aromatic heterocycles. The Morgan fingerprint density at radius 3 is 2.63 bits per heavy atom. The third-order valence-corrected chi connectivity index (χ3v) is 10.7. The monoisotopic (exact) mass is 564 g/mol. The molecule has 1 spiro atoms. The lowest BCUT2D eigenvalue weighted by atomic mass is 9.71. The number of ether oxygens (including phenoxy) is 1. The maximum absolute atomic E-state index is 14.3. The van der Waals surface area contributed by atoms with Crippen LogP contribution in [0.25, 0.3) is 0 Å². The molecule has 35 heavy (non-hydrogen) atoms. The number of fused-ring (bicyclic) bond motifs is 1. The van der Waals surface area contributed by atoms with Crippen molar-refractivity contribution in [1.29, 1.82) is 0 Å². The van der Waals surface area contributed by atoms with Gasteiger partial charge in [-0.05, 0) is 32.8 Å². The van der Waals surface area contributed by atoms with Gasteiger partial charge in [0, 0.05) is 22.7 Å². The van der Waals surface area contributed by atoms with Crippen LogP contribution in [0, 0.1) is 11.8 Å². The normalized spacial score (nSPS) is 32.0. The van der Waals surface area contributed by atoms with Crippen molar-refractivity contribution >= 4 is 45.5 Å². The zero-order valence-corrected chi connectivity index (χ0v) is 22.7. The summed E-state index contributed by atoms with van der Waals surface area (Å²) in [6, 6.07) is 7.64. The molecule has 3 aliphatic rings. The molecule has 2 amide bonds. The van der Waals surface area contributed by atoms with Gasteiger partial charge in [0.05, 0.1) is 35.8 Å². The van der Waals surface area contributed by atoms with Crippen molar-refractivity contribution < 1.29 is 24.2 Å². The van der Waals surface area contributed by atoms with Crippen molar-refractivity contribution in [2.24, 2.45) is 11.8 Å². The molecule has 3 aliphatic heterocycles. The predicted octanol–water partition coefficient (Wildman–Crippen LogP) is 3.17. The van der Waals surface area contributed by atoms with Crippen molar-refractivity contribution in [2.45, 2.75) is 60.1 Å². The first kappa shape index (κ1) is 26.2. The lowest BCUT2D eigenvalue weighted by Crippen LogP contribution is -2.57. The van der Waals surface area contributed by atoms with E-state index in [1.165, 1.54) is 0 Å². The summed E-state index contributed by atoms with van der Waals surface area (Å²) in [6.45, 7) is 9.68. The lowest BCUT2D eigenvalue weighted by molar-refractivity contribution is -0.154. The van der Waals surface area contributed by atoms with E-state index >= 15 is 0 Å². The van der Waals surface area contributed by atoms with Gasteiger partial charge in [0.25, 0.3) is 0 Å². The first-order valence-corrected chi connectivity index (χ1v) is 13.9. The zero-order valence-electron chi connectivity index (χ0n) is 20.3. The molecule has 1 N–H and O–H groups in total. The van der Waals surface area contributed by atoms with Crippen molar-refractivity contribution in [2.75, 3.05) is 19.8 Å². The number of halogens is 1. The second-order valence-electron chi connectivity index (χ2n) is 9.64. The van der Waals surface area contributed by atoms with Gasteiger partial charge in [-0.15, -0.1) is 18.3 Å². The van der Waals surface area contributed by atoms with Crippen molar-refractivity contribution in [3.63, 3.8) is 0 Å². The molecule has 4 rings (SSSR count). The van der Waals surface area contributed by atoms with E-state index in [2.05, 4.69) is 22.5 Å². The van der Waals surface area contributed by atoms with Gasteiger partial charge in [0.15, 0.2) is 0 Å². The molecule has 3 saturated heterocycles. The third kappa shape index (κ3) is 4.13. The Kier molecular flexibility index (Phi) is 7.69. The molecule has 3 heterocycles. The highest BCUT2D eigenvalue weighted by atomic mass is 79.9. The maximum Gasteiger partial charge on any atom is 0.310 e. The number of hydrogen-bond donors (Lipinski definition) is 1. The standard InChI is InChI=1S/C26H33BrN2O5S/c1-5-12-28(15(3)4)24(32)22-26-13-17(27)21(35-26)19(25(33)34-6-2)20(26)23(31)29(22)18(14-30)16-10-8-7-9-11-16/h5,7-11,15,17-22,30H,1,6,12-14H2,2-4H3/t17?,18-,19+,20+,21+,22?,26?/m1/s1. The number of carbonyl (C=O) groups excluding carboxylic acids is 3. The van der Waals surface area contributed by atoms with Crippen LogP contribution in [0.5, 0.6) is 0 Å². The van der Waals surface area contributed by atoms with E-state index in [-0.39, 0.29) is 41.1 Å². The predicted molar refractivity (Wildman–Crippen MR) is 139 cm³/mol. The van der Waals surface area contributed by atoms with Gasteiger partial charge in [0.1, 0.15) is 6.04 Å². The molecule has 0 saturated carbocycles. The summed E-state index contributed by atoms with van der Waals surface area (Å²) in [6.07, 6.45) is 2.26. The van der Waals surface area contributed by atoms with Gasteiger partial charge in [-0.3, -0.25) is 14.4 Å². The second-order valence-corrected chi connectivity index (χ2v) is 12.4. The van der Waals surface area contributed by atoms with Crippen molar-refractivity contribution in [3.05, 3.63) is 48.6 Å². The molecule has 2 bridgehead atoms. The SMILES string of the molecule is C=CCN(C(=O)C1N([C@H](CO)c2ccccc2)C(=O)[C@@H]2[C@H](C(=O)OCC)[C@H]3SC12CC3Br)C(C)C. The number of rotatable bonds is 9. The highest BCUT2D eigenvalue weighted by Gasteiger charge is 2.76. The lowest BCUT2D eigenvalue weighted by Gasteiger charge is -2.41. The number of thioether (sulfide) groups is 1. The zero-order chi connectivity index (χ0) is 25.5. The minimum absolute atomic E-state index is 0.0302. The number of aliphatic hydroxyl groups is 1. The number of hydrogen-bond acceptors (Lipinski definition) is 6. The highest BCUT2D eigenvalue weighted by Crippen LogP contribution is 2.68. The van der Waals surface area contributed by atoms with E-state index in [9.17, 15) is 19.5 Å². The van der Waals surface area contributed by atoms with E-state index in [1.54, 1.807) is 34.6 Å². The minimum Gasteiger partial charge on any atom is -0.466 e. The number of amides is 2. The summed E-state index contributed by atoms with van der Waals surface area (Å²) in [5, 5.41) is 10.4. The first-order chi connectivity index (χ1) is 16.7. The molecule has 1 aromatic rings. The number of aliphatic hydroxyl groups excluding tert-OH is 1. The number of nitrogens with zero attached hydrogens (tertiary/aromatic N) is 2. The Hall–Kier alpha value is -1.84. The van der Waals surface area contributed by atoms with E-state index in [4.69, 9.17) is 4.74 Å². The van der Waals surface area contributed by atoms with Crippen LogP contribution in [0.1, 0.15) is 38.8 Å². The molecule has 0 radical (unpaired) electrons. The Labute approximate surface area is 219 Å². The topological polar surface area (TPSA) is 87.2 Å². The molecule has 0 aliphatic carbocycles. The Morgan fingerprint density at radius 1 is 1.37 bits per heavy atom. The molecule has 3 fully saturated rings. The number of benzene rings is 1. The summed E-state index contributed by atoms with van der Waals surface area (Å²) in [5.41, 5.74) is 0.750. The van der Waals surface area contributed by atoms with E-state index in [0.29, 0.717) is 13.0 Å². The van der Waals surface area contributed by atoms with Crippen LogP contribution < -0.4 is 0 Å². The van der Waals surface area contributed by atoms with Gasteiger partial charge in [-0.1, -0.05) is 52.3 Å². The average Bonchev–Trinajstić information content (AvgIpc) is 3.42. The number of likely N-dealkylation sites (tertiary alicyclic amines) is 1. The average molecular weight is 566 g/mol. The molecular weight excluding hydrogens is 532 g/mol. The Bertz CT molecular complexity index is 991. The fourth-order valence-electron chi connectivity index (χ4n) is 6.07. The van der Waals surface area contributed by atoms with E-state index in [1.807, 2.05) is 44.2 Å². The van der Waals surface area contributed by atoms with Crippen LogP contribution >= 0.6 is 27.7 Å². The van der Waals surface area contributed by atoms with Crippen LogP contribution in [-0.2, 0) is 19.1 Å². The van der Waals surface area contributed by atoms with Crippen molar-refractivity contribution in [1.82, 2.24) is 9.80 Å². The van der Waals surface area contributed by atoms with Gasteiger partial charge >= 0.3 is 5.97 Å². The molecule has 9 heteroatoms. The summed E-state index contributed by atoms with van der Waals surface area (Å²) in [7, 11) is 0.